The number of thiophene rings is 1. The zero-order valence-corrected chi connectivity index (χ0v) is 19.5. The number of fused-ring (bicyclic) bond motifs is 3. The van der Waals surface area contributed by atoms with Crippen LogP contribution in [-0.2, 0) is 17.9 Å². The summed E-state index contributed by atoms with van der Waals surface area (Å²) in [7, 11) is 0. The molecule has 2 aromatic heterocycles. The van der Waals surface area contributed by atoms with Gasteiger partial charge in [-0.15, -0.1) is 11.3 Å². The molecule has 1 unspecified atom stereocenters. The van der Waals surface area contributed by atoms with E-state index in [4.69, 9.17) is 0 Å². The number of hydrogen-bond donors (Lipinski definition) is 1. The van der Waals surface area contributed by atoms with E-state index in [1.54, 1.807) is 16.2 Å². The predicted octanol–water partition coefficient (Wildman–Crippen LogP) is 5.35. The van der Waals surface area contributed by atoms with Crippen molar-refractivity contribution in [3.05, 3.63) is 59.1 Å². The largest absolute Gasteiger partial charge is 0.351 e. The predicted molar refractivity (Wildman–Crippen MR) is 129 cm³/mol. The highest BCUT2D eigenvalue weighted by atomic mass is 32.1. The number of hydrogen-bond acceptors (Lipinski definition) is 3. The van der Waals surface area contributed by atoms with Crippen LogP contribution < -0.4 is 5.32 Å². The van der Waals surface area contributed by atoms with Crippen LogP contribution in [0.5, 0.6) is 0 Å². The first-order valence-corrected chi connectivity index (χ1v) is 12.7. The van der Waals surface area contributed by atoms with E-state index in [9.17, 15) is 9.59 Å². The molecular formula is C26H31N3O2S. The molecule has 0 spiro atoms. The Balaban J connectivity index is 1.49. The van der Waals surface area contributed by atoms with Gasteiger partial charge in [-0.2, -0.15) is 0 Å². The van der Waals surface area contributed by atoms with Gasteiger partial charge < -0.3 is 14.8 Å². The van der Waals surface area contributed by atoms with Crippen LogP contribution in [0.4, 0.5) is 0 Å². The quantitative estimate of drug-likeness (QED) is 0.584. The van der Waals surface area contributed by atoms with E-state index in [2.05, 4.69) is 11.4 Å². The third kappa shape index (κ3) is 3.85. The van der Waals surface area contributed by atoms with Gasteiger partial charge in [0.15, 0.2) is 0 Å². The van der Waals surface area contributed by atoms with Gasteiger partial charge in [-0.3, -0.25) is 9.59 Å². The molecule has 1 aliphatic carbocycles. The Morgan fingerprint density at radius 3 is 2.56 bits per heavy atom. The molecule has 1 saturated carbocycles. The molecule has 1 aromatic carbocycles. The highest BCUT2D eigenvalue weighted by Crippen LogP contribution is 2.35. The molecule has 32 heavy (non-hydrogen) atoms. The molecule has 0 bridgehead atoms. The summed E-state index contributed by atoms with van der Waals surface area (Å²) in [6, 6.07) is 14.2. The van der Waals surface area contributed by atoms with Crippen molar-refractivity contribution < 1.29 is 9.59 Å². The molecule has 5 nitrogen and oxygen atoms in total. The van der Waals surface area contributed by atoms with E-state index in [1.807, 2.05) is 53.3 Å². The van der Waals surface area contributed by atoms with E-state index >= 15 is 0 Å². The van der Waals surface area contributed by atoms with E-state index in [1.165, 1.54) is 19.3 Å². The Labute approximate surface area is 193 Å². The van der Waals surface area contributed by atoms with Gasteiger partial charge in [-0.05, 0) is 42.8 Å². The van der Waals surface area contributed by atoms with Gasteiger partial charge >= 0.3 is 0 Å². The Bertz CT molecular complexity index is 1110. The molecular weight excluding hydrogens is 418 g/mol. The maximum absolute atomic E-state index is 13.8. The molecule has 1 atom stereocenters. The van der Waals surface area contributed by atoms with E-state index < -0.39 is 5.54 Å². The summed E-state index contributed by atoms with van der Waals surface area (Å²) in [5, 5.41) is 5.40. The third-order valence-corrected chi connectivity index (χ3v) is 8.01. The highest BCUT2D eigenvalue weighted by molar-refractivity contribution is 7.17. The van der Waals surface area contributed by atoms with Crippen molar-refractivity contribution >= 4 is 33.4 Å². The molecule has 168 valence electrons. The Morgan fingerprint density at radius 2 is 1.81 bits per heavy atom. The number of rotatable bonds is 4. The van der Waals surface area contributed by atoms with Crippen LogP contribution in [0.1, 0.15) is 67.9 Å². The van der Waals surface area contributed by atoms with Crippen LogP contribution in [0.15, 0.2) is 47.8 Å². The van der Waals surface area contributed by atoms with Gasteiger partial charge in [0.2, 0.25) is 5.91 Å². The van der Waals surface area contributed by atoms with Crippen LogP contribution in [0, 0.1) is 0 Å². The van der Waals surface area contributed by atoms with Crippen LogP contribution in [0.2, 0.25) is 0 Å². The van der Waals surface area contributed by atoms with Gasteiger partial charge in [0.25, 0.3) is 5.91 Å². The smallest absolute Gasteiger partial charge is 0.271 e. The fourth-order valence-electron chi connectivity index (χ4n) is 5.23. The van der Waals surface area contributed by atoms with Gasteiger partial charge in [0.05, 0.1) is 16.8 Å². The molecule has 1 aliphatic heterocycles. The van der Waals surface area contributed by atoms with E-state index in [0.29, 0.717) is 18.8 Å². The summed E-state index contributed by atoms with van der Waals surface area (Å²) in [6.45, 7) is 2.83. The lowest BCUT2D eigenvalue weighted by Gasteiger charge is -2.44. The number of benzene rings is 1. The summed E-state index contributed by atoms with van der Waals surface area (Å²) in [4.78, 5) is 29.3. The standard InChI is InChI=1S/C26H31N3O2S/c1-26(25(31)27-20-12-8-3-2-4-9-13-20)18-28-21-14-15-32-23(21)16-22(28)24(30)29(26)17-19-10-6-5-7-11-19/h5-7,10-11,14-16,20H,2-4,8-9,12-13,17-18H2,1H3,(H,27,31). The summed E-state index contributed by atoms with van der Waals surface area (Å²) < 4.78 is 3.14. The average molecular weight is 450 g/mol. The van der Waals surface area contributed by atoms with Crippen molar-refractivity contribution in [1.82, 2.24) is 14.8 Å². The fourth-order valence-corrected chi connectivity index (χ4v) is 6.05. The molecule has 3 aromatic rings. The summed E-state index contributed by atoms with van der Waals surface area (Å²) in [5.74, 6) is -0.103. The Hall–Kier alpha value is -2.60. The average Bonchev–Trinajstić information content (AvgIpc) is 3.36. The summed E-state index contributed by atoms with van der Waals surface area (Å²) >= 11 is 1.64. The molecule has 1 N–H and O–H groups in total. The lowest BCUT2D eigenvalue weighted by atomic mass is 9.91. The monoisotopic (exact) mass is 449 g/mol. The number of nitrogens with zero attached hydrogens (tertiary/aromatic N) is 2. The molecule has 2 amide bonds. The second kappa shape index (κ2) is 8.74. The van der Waals surface area contributed by atoms with Crippen molar-refractivity contribution in [2.24, 2.45) is 0 Å². The van der Waals surface area contributed by atoms with Crippen LogP contribution in [-0.4, -0.2) is 32.9 Å². The van der Waals surface area contributed by atoms with Crippen LogP contribution in [0.3, 0.4) is 0 Å². The van der Waals surface area contributed by atoms with Crippen LogP contribution in [0.25, 0.3) is 10.2 Å². The third-order valence-electron chi connectivity index (χ3n) is 7.16. The zero-order valence-electron chi connectivity index (χ0n) is 18.7. The van der Waals surface area contributed by atoms with Crippen LogP contribution >= 0.6 is 11.3 Å². The molecule has 0 saturated heterocycles. The number of carbonyl (C=O) groups is 2. The second-order valence-electron chi connectivity index (χ2n) is 9.45. The number of carbonyl (C=O) groups excluding carboxylic acids is 2. The maximum atomic E-state index is 13.8. The van der Waals surface area contributed by atoms with Crippen molar-refractivity contribution in [2.45, 2.75) is 76.5 Å². The number of aromatic nitrogens is 1. The minimum Gasteiger partial charge on any atom is -0.351 e. The van der Waals surface area contributed by atoms with E-state index in [0.717, 1.165) is 41.5 Å². The molecule has 5 rings (SSSR count). The lowest BCUT2D eigenvalue weighted by molar-refractivity contribution is -0.134. The highest BCUT2D eigenvalue weighted by Gasteiger charge is 2.48. The minimum absolute atomic E-state index is 0.0323. The SMILES string of the molecule is CC1(C(=O)NC2CCCCCCC2)Cn2c(cc3sccc32)C(=O)N1Cc1ccccc1. The first kappa shape index (κ1) is 21.3. The van der Waals surface area contributed by atoms with Gasteiger partial charge in [0, 0.05) is 12.6 Å². The molecule has 0 radical (unpaired) electrons. The molecule has 2 aliphatic rings. The molecule has 6 heteroatoms. The van der Waals surface area contributed by atoms with Crippen molar-refractivity contribution in [3.8, 4) is 0 Å². The summed E-state index contributed by atoms with van der Waals surface area (Å²) in [6.07, 6.45) is 8.15. The normalized spacial score (nSPS) is 22.4. The van der Waals surface area contributed by atoms with Crippen molar-refractivity contribution in [2.75, 3.05) is 0 Å². The minimum atomic E-state index is -0.948. The van der Waals surface area contributed by atoms with Crippen molar-refractivity contribution in [1.29, 1.82) is 0 Å². The lowest BCUT2D eigenvalue weighted by Crippen LogP contribution is -2.64. The first-order chi connectivity index (χ1) is 15.6. The fraction of sp³-hybridized carbons (Fsp3) is 0.462. The second-order valence-corrected chi connectivity index (χ2v) is 10.4. The maximum Gasteiger partial charge on any atom is 0.271 e. The van der Waals surface area contributed by atoms with Gasteiger partial charge in [-0.1, -0.05) is 62.4 Å². The number of nitrogens with one attached hydrogen (secondary N) is 1. The molecule has 3 heterocycles. The number of amides is 2. The van der Waals surface area contributed by atoms with Gasteiger partial charge in [-0.25, -0.2) is 0 Å². The summed E-state index contributed by atoms with van der Waals surface area (Å²) in [5.41, 5.74) is 1.81. The van der Waals surface area contributed by atoms with Gasteiger partial charge in [0.1, 0.15) is 11.2 Å². The van der Waals surface area contributed by atoms with Crippen molar-refractivity contribution in [3.63, 3.8) is 0 Å². The molecule has 1 fully saturated rings. The Kier molecular flexibility index (Phi) is 5.80. The zero-order chi connectivity index (χ0) is 22.1. The Morgan fingerprint density at radius 1 is 1.09 bits per heavy atom. The topological polar surface area (TPSA) is 54.3 Å². The van der Waals surface area contributed by atoms with E-state index in [-0.39, 0.29) is 17.9 Å². The first-order valence-electron chi connectivity index (χ1n) is 11.8.